The number of amides is 1. The SMILES string of the molecule is CCc1nnc(-c2cc(C)n(CC(=O)Nc3cc(F)cc(F)c3)c2C)o1. The normalized spacial score (nSPS) is 11.0. The van der Waals surface area contributed by atoms with E-state index < -0.39 is 17.5 Å². The van der Waals surface area contributed by atoms with Crippen molar-refractivity contribution in [1.82, 2.24) is 14.8 Å². The van der Waals surface area contributed by atoms with Gasteiger partial charge in [0.05, 0.1) is 5.56 Å². The first-order chi connectivity index (χ1) is 12.4. The van der Waals surface area contributed by atoms with E-state index in [0.717, 1.165) is 35.2 Å². The maximum Gasteiger partial charge on any atom is 0.249 e. The number of nitrogens with one attached hydrogen (secondary N) is 1. The molecule has 0 aliphatic rings. The smallest absolute Gasteiger partial charge is 0.249 e. The Morgan fingerprint density at radius 1 is 1.15 bits per heavy atom. The summed E-state index contributed by atoms with van der Waals surface area (Å²) in [6.07, 6.45) is 0.637. The summed E-state index contributed by atoms with van der Waals surface area (Å²) in [5, 5.41) is 10.5. The maximum absolute atomic E-state index is 13.2. The molecule has 26 heavy (non-hydrogen) atoms. The van der Waals surface area contributed by atoms with Gasteiger partial charge in [-0.15, -0.1) is 10.2 Å². The van der Waals surface area contributed by atoms with Crippen LogP contribution in [0.15, 0.2) is 28.7 Å². The Bertz CT molecular complexity index is 942. The van der Waals surface area contributed by atoms with E-state index in [-0.39, 0.29) is 12.2 Å². The van der Waals surface area contributed by atoms with Gasteiger partial charge in [-0.2, -0.15) is 0 Å². The molecule has 0 aliphatic heterocycles. The second kappa shape index (κ2) is 7.07. The number of hydrogen-bond acceptors (Lipinski definition) is 4. The van der Waals surface area contributed by atoms with Crippen LogP contribution in [0.5, 0.6) is 0 Å². The molecule has 8 heteroatoms. The predicted molar refractivity (Wildman–Crippen MR) is 91.6 cm³/mol. The average molecular weight is 360 g/mol. The zero-order valence-corrected chi connectivity index (χ0v) is 14.6. The van der Waals surface area contributed by atoms with Crippen molar-refractivity contribution in [3.05, 3.63) is 53.2 Å². The molecular weight excluding hydrogens is 342 g/mol. The minimum Gasteiger partial charge on any atom is -0.421 e. The number of anilines is 1. The Hall–Kier alpha value is -3.03. The Labute approximate surface area is 148 Å². The molecule has 0 spiro atoms. The van der Waals surface area contributed by atoms with Gasteiger partial charge in [0.2, 0.25) is 17.7 Å². The van der Waals surface area contributed by atoms with Crippen molar-refractivity contribution in [2.24, 2.45) is 0 Å². The lowest BCUT2D eigenvalue weighted by atomic mass is 10.2. The van der Waals surface area contributed by atoms with E-state index in [4.69, 9.17) is 4.42 Å². The number of halogens is 2. The van der Waals surface area contributed by atoms with Gasteiger partial charge < -0.3 is 14.3 Å². The lowest BCUT2D eigenvalue weighted by Gasteiger charge is -2.10. The van der Waals surface area contributed by atoms with Gasteiger partial charge in [0, 0.05) is 29.6 Å². The van der Waals surface area contributed by atoms with E-state index >= 15 is 0 Å². The molecule has 1 aromatic carbocycles. The van der Waals surface area contributed by atoms with Gasteiger partial charge in [0.1, 0.15) is 18.2 Å². The molecule has 2 heterocycles. The molecule has 1 N–H and O–H groups in total. The van der Waals surface area contributed by atoms with Crippen molar-refractivity contribution in [3.8, 4) is 11.5 Å². The van der Waals surface area contributed by atoms with Gasteiger partial charge in [0.25, 0.3) is 0 Å². The van der Waals surface area contributed by atoms with Gasteiger partial charge >= 0.3 is 0 Å². The van der Waals surface area contributed by atoms with E-state index in [1.165, 1.54) is 0 Å². The summed E-state index contributed by atoms with van der Waals surface area (Å²) in [4.78, 5) is 12.3. The van der Waals surface area contributed by atoms with Gasteiger partial charge in [-0.05, 0) is 32.0 Å². The molecule has 3 aromatic rings. The zero-order chi connectivity index (χ0) is 18.8. The number of benzene rings is 1. The topological polar surface area (TPSA) is 73.0 Å². The fourth-order valence-corrected chi connectivity index (χ4v) is 2.74. The lowest BCUT2D eigenvalue weighted by molar-refractivity contribution is -0.116. The van der Waals surface area contributed by atoms with Crippen LogP contribution in [0.2, 0.25) is 0 Å². The number of rotatable bonds is 5. The summed E-state index contributed by atoms with van der Waals surface area (Å²) in [5.74, 6) is -0.967. The number of carbonyl (C=O) groups is 1. The first-order valence-electron chi connectivity index (χ1n) is 8.12. The molecule has 0 atom stereocenters. The molecule has 1 amide bonds. The minimum atomic E-state index is -0.751. The molecule has 0 fully saturated rings. The minimum absolute atomic E-state index is 0.00935. The summed E-state index contributed by atoms with van der Waals surface area (Å²) < 4.78 is 33.8. The summed E-state index contributed by atoms with van der Waals surface area (Å²) >= 11 is 0. The average Bonchev–Trinajstić information content (AvgIpc) is 3.13. The third kappa shape index (κ3) is 3.63. The van der Waals surface area contributed by atoms with Crippen molar-refractivity contribution in [1.29, 1.82) is 0 Å². The first-order valence-corrected chi connectivity index (χ1v) is 8.12. The van der Waals surface area contributed by atoms with Gasteiger partial charge in [0.15, 0.2) is 0 Å². The van der Waals surface area contributed by atoms with Crippen LogP contribution in [0.25, 0.3) is 11.5 Å². The maximum atomic E-state index is 13.2. The predicted octanol–water partition coefficient (Wildman–Crippen LogP) is 3.63. The van der Waals surface area contributed by atoms with Crippen LogP contribution >= 0.6 is 0 Å². The number of carbonyl (C=O) groups excluding carboxylic acids is 1. The molecule has 0 saturated heterocycles. The molecule has 0 radical (unpaired) electrons. The highest BCUT2D eigenvalue weighted by Crippen LogP contribution is 2.26. The fourth-order valence-electron chi connectivity index (χ4n) is 2.74. The second-order valence-corrected chi connectivity index (χ2v) is 5.93. The molecule has 0 saturated carbocycles. The Kier molecular flexibility index (Phi) is 4.83. The highest BCUT2D eigenvalue weighted by molar-refractivity contribution is 5.90. The van der Waals surface area contributed by atoms with E-state index in [1.807, 2.05) is 26.8 Å². The molecule has 2 aromatic heterocycles. The van der Waals surface area contributed by atoms with Crippen molar-refractivity contribution in [3.63, 3.8) is 0 Å². The van der Waals surface area contributed by atoms with E-state index in [0.29, 0.717) is 18.2 Å². The van der Waals surface area contributed by atoms with Crippen LogP contribution in [-0.2, 0) is 17.8 Å². The molecule has 136 valence electrons. The van der Waals surface area contributed by atoms with Gasteiger partial charge in [-0.3, -0.25) is 4.79 Å². The summed E-state index contributed by atoms with van der Waals surface area (Å²) in [5.41, 5.74) is 2.43. The van der Waals surface area contributed by atoms with Crippen LogP contribution in [0, 0.1) is 25.5 Å². The van der Waals surface area contributed by atoms with E-state index in [1.54, 1.807) is 4.57 Å². The van der Waals surface area contributed by atoms with Crippen LogP contribution in [0.1, 0.15) is 24.2 Å². The number of hydrogen-bond donors (Lipinski definition) is 1. The standard InChI is InChI=1S/C18H18F2N4O2/c1-4-17-22-23-18(26-17)15-5-10(2)24(11(15)3)9-16(25)21-14-7-12(19)6-13(20)8-14/h5-8H,4,9H2,1-3H3,(H,21,25). The van der Waals surface area contributed by atoms with Crippen LogP contribution < -0.4 is 5.32 Å². The van der Waals surface area contributed by atoms with Crippen molar-refractivity contribution in [2.45, 2.75) is 33.7 Å². The van der Waals surface area contributed by atoms with Crippen molar-refractivity contribution < 1.29 is 18.0 Å². The highest BCUT2D eigenvalue weighted by Gasteiger charge is 2.18. The van der Waals surface area contributed by atoms with E-state index in [9.17, 15) is 13.6 Å². The lowest BCUT2D eigenvalue weighted by Crippen LogP contribution is -2.20. The second-order valence-electron chi connectivity index (χ2n) is 5.93. The van der Waals surface area contributed by atoms with Crippen molar-refractivity contribution >= 4 is 11.6 Å². The van der Waals surface area contributed by atoms with E-state index in [2.05, 4.69) is 15.5 Å². The Morgan fingerprint density at radius 2 is 1.85 bits per heavy atom. The molecule has 3 rings (SSSR count). The molecule has 6 nitrogen and oxygen atoms in total. The Morgan fingerprint density at radius 3 is 2.46 bits per heavy atom. The summed E-state index contributed by atoms with van der Waals surface area (Å²) in [6, 6.07) is 4.73. The third-order valence-electron chi connectivity index (χ3n) is 4.02. The number of aryl methyl sites for hydroxylation is 2. The monoisotopic (exact) mass is 360 g/mol. The molecule has 0 unspecified atom stereocenters. The van der Waals surface area contributed by atoms with Crippen LogP contribution in [-0.4, -0.2) is 20.7 Å². The fraction of sp³-hybridized carbons (Fsp3) is 0.278. The summed E-state index contributed by atoms with van der Waals surface area (Å²) in [7, 11) is 0. The Balaban J connectivity index is 1.80. The highest BCUT2D eigenvalue weighted by atomic mass is 19.1. The third-order valence-corrected chi connectivity index (χ3v) is 4.02. The van der Waals surface area contributed by atoms with Gasteiger partial charge in [-0.25, -0.2) is 8.78 Å². The van der Waals surface area contributed by atoms with Crippen LogP contribution in [0.3, 0.4) is 0 Å². The zero-order valence-electron chi connectivity index (χ0n) is 14.6. The summed E-state index contributed by atoms with van der Waals surface area (Å²) in [6.45, 7) is 5.60. The molecule has 0 aliphatic carbocycles. The van der Waals surface area contributed by atoms with Crippen LogP contribution in [0.4, 0.5) is 14.5 Å². The number of aromatic nitrogens is 3. The molecule has 0 bridgehead atoms. The quantitative estimate of drug-likeness (QED) is 0.754. The number of nitrogens with zero attached hydrogens (tertiary/aromatic N) is 3. The van der Waals surface area contributed by atoms with Gasteiger partial charge in [-0.1, -0.05) is 6.92 Å². The first kappa shape index (κ1) is 17.8. The largest absolute Gasteiger partial charge is 0.421 e. The van der Waals surface area contributed by atoms with Crippen molar-refractivity contribution in [2.75, 3.05) is 5.32 Å². The molecular formula is C18H18F2N4O2.